The quantitative estimate of drug-likeness (QED) is 0.0718. The van der Waals surface area contributed by atoms with Gasteiger partial charge in [-0.25, -0.2) is 23.1 Å². The standard InChI is InChI=1S/C22H21N8O9PS4/c1-3-39-26-13(16-25-21(44(38)28-16)27-40(35,36)37)17(31)24-14-18(32)30-15(20(33)34)12(9-41-19(14)30)43-22-23-11(8-42-22)10-4-6-29(2)7-5-10/h4-8,14,19H,3,9H2,1-2H3,(H4-,24,25,27,28,31,33,34,35,36,37)/p+1/b26-13-/t14-,19-,44?/m1/s1. The third-order valence-corrected chi connectivity index (χ3v) is 10.9. The highest BCUT2D eigenvalue weighted by Crippen LogP contribution is 2.46. The van der Waals surface area contributed by atoms with E-state index in [2.05, 4.69) is 24.8 Å². The Labute approximate surface area is 263 Å². The molecule has 0 aromatic carbocycles. The molecule has 0 bridgehead atoms. The van der Waals surface area contributed by atoms with Gasteiger partial charge < -0.3 is 25.0 Å². The van der Waals surface area contributed by atoms with Crippen LogP contribution in [0.1, 0.15) is 6.92 Å². The van der Waals surface area contributed by atoms with E-state index in [-0.39, 0.29) is 18.1 Å². The molecule has 44 heavy (non-hydrogen) atoms. The number of hydrogen-bond acceptors (Lipinski definition) is 12. The number of thiazole rings is 1. The highest BCUT2D eigenvalue weighted by atomic mass is 32.2. The first-order valence-corrected chi connectivity index (χ1v) is 17.8. The summed E-state index contributed by atoms with van der Waals surface area (Å²) in [4.78, 5) is 71.6. The van der Waals surface area contributed by atoms with Gasteiger partial charge in [0.05, 0.1) is 5.69 Å². The number of rotatable bonds is 10. The van der Waals surface area contributed by atoms with Crippen LogP contribution in [0.15, 0.2) is 59.4 Å². The largest absolute Gasteiger partial charge is 0.477 e. The number of fused-ring (bicyclic) bond motifs is 1. The van der Waals surface area contributed by atoms with Crippen molar-refractivity contribution in [1.29, 1.82) is 0 Å². The SMILES string of the molecule is CCO/N=C(\C(=O)N[C@@H]1C(=O)N2C(C(=O)O)=C(Sc3nc(-c4cc[n+](C)cc4)cs3)CS[C@H]12)C1=NS(=O)C(NP(=O)(O)O)=N1. The van der Waals surface area contributed by atoms with Gasteiger partial charge in [-0.15, -0.1) is 23.1 Å². The molecule has 0 aliphatic carbocycles. The number of amidine groups is 2. The van der Waals surface area contributed by atoms with Crippen LogP contribution in [-0.2, 0) is 41.8 Å². The average Bonchev–Trinajstić information content (AvgIpc) is 3.57. The summed E-state index contributed by atoms with van der Waals surface area (Å²) in [6.45, 7) is 1.57. The van der Waals surface area contributed by atoms with Crippen LogP contribution in [0.4, 0.5) is 0 Å². The number of carboxylic acids is 1. The van der Waals surface area contributed by atoms with Crippen molar-refractivity contribution >= 4 is 88.1 Å². The molecule has 3 atom stereocenters. The molecule has 0 radical (unpaired) electrons. The lowest BCUT2D eigenvalue weighted by molar-refractivity contribution is -0.671. The van der Waals surface area contributed by atoms with Gasteiger partial charge in [0.1, 0.15) is 30.8 Å². The molecule has 1 fully saturated rings. The summed E-state index contributed by atoms with van der Waals surface area (Å²) in [6.07, 6.45) is 3.77. The van der Waals surface area contributed by atoms with Crippen LogP contribution in [0.2, 0.25) is 0 Å². The van der Waals surface area contributed by atoms with E-state index in [4.69, 9.17) is 14.6 Å². The normalized spacial score (nSPS) is 21.7. The van der Waals surface area contributed by atoms with E-state index >= 15 is 0 Å². The fourth-order valence-corrected chi connectivity index (χ4v) is 8.93. The molecule has 3 aliphatic heterocycles. The van der Waals surface area contributed by atoms with E-state index < -0.39 is 64.6 Å². The van der Waals surface area contributed by atoms with Crippen molar-refractivity contribution in [2.45, 2.75) is 22.7 Å². The van der Waals surface area contributed by atoms with E-state index in [0.717, 1.165) is 27.9 Å². The number of aliphatic carboxylic acids is 1. The van der Waals surface area contributed by atoms with Crippen molar-refractivity contribution in [3.05, 3.63) is 40.5 Å². The van der Waals surface area contributed by atoms with Crippen LogP contribution in [-0.4, -0.2) is 87.3 Å². The number of carbonyl (C=O) groups is 3. The number of pyridine rings is 1. The Bertz CT molecular complexity index is 1740. The Kier molecular flexibility index (Phi) is 9.35. The lowest BCUT2D eigenvalue weighted by Crippen LogP contribution is -2.71. The number of nitrogens with zero attached hydrogens (tertiary/aromatic N) is 6. The second-order valence-electron chi connectivity index (χ2n) is 8.89. The number of β-lactam (4-membered cyclic amide) rings is 1. The molecule has 0 saturated carbocycles. The maximum atomic E-state index is 13.2. The van der Waals surface area contributed by atoms with Gasteiger partial charge in [0.15, 0.2) is 16.7 Å². The molecule has 5 heterocycles. The van der Waals surface area contributed by atoms with Gasteiger partial charge in [-0.3, -0.25) is 19.6 Å². The first-order valence-electron chi connectivity index (χ1n) is 12.3. The molecular formula is C22H22N8O9PS4+. The van der Waals surface area contributed by atoms with Crippen LogP contribution in [0, 0.1) is 0 Å². The van der Waals surface area contributed by atoms with Crippen LogP contribution in [0.3, 0.4) is 0 Å². The smallest absolute Gasteiger partial charge is 0.429 e. The van der Waals surface area contributed by atoms with Crippen LogP contribution in [0.5, 0.6) is 0 Å². The zero-order chi connectivity index (χ0) is 31.8. The number of oxime groups is 1. The van der Waals surface area contributed by atoms with Gasteiger partial charge in [-0.2, -0.15) is 9.39 Å². The molecule has 1 saturated heterocycles. The van der Waals surface area contributed by atoms with E-state index in [9.17, 15) is 28.3 Å². The van der Waals surface area contributed by atoms with E-state index in [0.29, 0.717) is 9.24 Å². The van der Waals surface area contributed by atoms with Gasteiger partial charge >= 0.3 is 13.7 Å². The average molecular weight is 702 g/mol. The monoisotopic (exact) mass is 701 g/mol. The van der Waals surface area contributed by atoms with Gasteiger partial charge in [-0.05, 0) is 6.92 Å². The molecule has 2 amide bonds. The number of hydrogen-bond donors (Lipinski definition) is 5. The van der Waals surface area contributed by atoms with Crippen molar-refractivity contribution < 1.29 is 47.5 Å². The molecule has 22 heteroatoms. The Morgan fingerprint density at radius 3 is 2.73 bits per heavy atom. The lowest BCUT2D eigenvalue weighted by Gasteiger charge is -2.49. The fraction of sp³-hybridized carbons (Fsp3) is 0.273. The Hall–Kier alpha value is -3.46. The van der Waals surface area contributed by atoms with Gasteiger partial charge in [0.25, 0.3) is 11.8 Å². The van der Waals surface area contributed by atoms with E-state index in [1.165, 1.54) is 23.1 Å². The first kappa shape index (κ1) is 31.9. The maximum Gasteiger partial charge on any atom is 0.429 e. The van der Waals surface area contributed by atoms with Crippen LogP contribution < -0.4 is 15.0 Å². The minimum atomic E-state index is -4.88. The number of carbonyl (C=O) groups excluding carboxylic acids is 2. The summed E-state index contributed by atoms with van der Waals surface area (Å²) in [5.74, 6) is -3.36. The first-order chi connectivity index (χ1) is 20.9. The number of carboxylic acid groups (broad SMARTS) is 1. The molecule has 2 aromatic rings. The summed E-state index contributed by atoms with van der Waals surface area (Å²) in [5.41, 5.74) is 0.810. The van der Waals surface area contributed by atoms with E-state index in [1.54, 1.807) is 12.0 Å². The molecular weight excluding hydrogens is 680 g/mol. The topological polar surface area (TPSA) is 236 Å². The molecule has 5 N–H and O–H groups in total. The third kappa shape index (κ3) is 6.77. The second-order valence-corrected chi connectivity index (χ2v) is 14.6. The minimum Gasteiger partial charge on any atom is -0.477 e. The van der Waals surface area contributed by atoms with Crippen molar-refractivity contribution in [1.82, 2.24) is 20.3 Å². The number of aliphatic imine (C=N–C) groups is 1. The summed E-state index contributed by atoms with van der Waals surface area (Å²) >= 11 is 3.73. The summed E-state index contributed by atoms with van der Waals surface area (Å²) in [6, 6.07) is 2.66. The molecule has 17 nitrogen and oxygen atoms in total. The number of thioether (sulfide) groups is 2. The van der Waals surface area contributed by atoms with Crippen molar-refractivity contribution in [3.63, 3.8) is 0 Å². The molecule has 0 spiro atoms. The van der Waals surface area contributed by atoms with Gasteiger partial charge in [-0.1, -0.05) is 16.9 Å². The molecule has 2 aromatic heterocycles. The van der Waals surface area contributed by atoms with Crippen molar-refractivity contribution in [2.24, 2.45) is 21.6 Å². The van der Waals surface area contributed by atoms with E-state index in [1.807, 2.05) is 41.5 Å². The number of aromatic nitrogens is 2. The molecule has 3 aliphatic rings. The Balaban J connectivity index is 1.32. The highest BCUT2D eigenvalue weighted by molar-refractivity contribution is 8.07. The number of amides is 2. The lowest BCUT2D eigenvalue weighted by atomic mass is 10.0. The van der Waals surface area contributed by atoms with Crippen molar-refractivity contribution in [3.8, 4) is 11.3 Å². The van der Waals surface area contributed by atoms with Gasteiger partial charge in [0.2, 0.25) is 27.7 Å². The predicted molar refractivity (Wildman–Crippen MR) is 162 cm³/mol. The van der Waals surface area contributed by atoms with Crippen LogP contribution in [0.25, 0.3) is 11.3 Å². The minimum absolute atomic E-state index is 0.0109. The summed E-state index contributed by atoms with van der Waals surface area (Å²) in [7, 11) is -5.36. The number of nitrogens with one attached hydrogen (secondary N) is 2. The highest BCUT2D eigenvalue weighted by Gasteiger charge is 2.55. The molecule has 1 unspecified atom stereocenters. The number of aryl methyl sites for hydroxylation is 1. The zero-order valence-electron chi connectivity index (χ0n) is 22.5. The summed E-state index contributed by atoms with van der Waals surface area (Å²) in [5, 5.41) is 18.2. The summed E-state index contributed by atoms with van der Waals surface area (Å²) < 4.78 is 29.5. The van der Waals surface area contributed by atoms with Crippen molar-refractivity contribution in [2.75, 3.05) is 12.4 Å². The Morgan fingerprint density at radius 2 is 2.07 bits per heavy atom. The van der Waals surface area contributed by atoms with Gasteiger partial charge in [0, 0.05) is 33.7 Å². The fourth-order valence-electron chi connectivity index (χ4n) is 3.97. The molecule has 5 rings (SSSR count). The zero-order valence-corrected chi connectivity index (χ0v) is 26.7. The second kappa shape index (κ2) is 12.9. The van der Waals surface area contributed by atoms with Crippen LogP contribution >= 0.6 is 42.6 Å². The molecule has 232 valence electrons. The predicted octanol–water partition coefficient (Wildman–Crippen LogP) is -0.0706. The third-order valence-electron chi connectivity index (χ3n) is 5.89. The Morgan fingerprint density at radius 1 is 1.34 bits per heavy atom. The maximum absolute atomic E-state index is 13.2.